The molecule has 126 valence electrons. The molecule has 0 saturated carbocycles. The molecule has 2 aromatic rings. The van der Waals surface area contributed by atoms with Gasteiger partial charge >= 0.3 is 6.03 Å². The number of nitrogens with zero attached hydrogens (tertiary/aromatic N) is 1. The van der Waals surface area contributed by atoms with E-state index in [9.17, 15) is 4.79 Å². The van der Waals surface area contributed by atoms with Crippen LogP contribution in [0.2, 0.25) is 0 Å². The molecule has 4 heteroatoms. The maximum atomic E-state index is 12.6. The summed E-state index contributed by atoms with van der Waals surface area (Å²) in [6.07, 6.45) is 1.78. The summed E-state index contributed by atoms with van der Waals surface area (Å²) in [7, 11) is 0. The van der Waals surface area contributed by atoms with Crippen LogP contribution in [0.1, 0.15) is 30.5 Å². The Balaban J connectivity index is 1.72. The lowest BCUT2D eigenvalue weighted by Gasteiger charge is -2.29. The minimum atomic E-state index is -0.0386. The first kappa shape index (κ1) is 16.4. The molecule has 0 unspecified atom stereocenters. The van der Waals surface area contributed by atoms with E-state index in [1.54, 1.807) is 0 Å². The second-order valence-corrected chi connectivity index (χ2v) is 5.98. The predicted molar refractivity (Wildman–Crippen MR) is 96.6 cm³/mol. The maximum Gasteiger partial charge on any atom is 0.322 e. The summed E-state index contributed by atoms with van der Waals surface area (Å²) >= 11 is 0. The molecular weight excluding hydrogens is 300 g/mol. The maximum absolute atomic E-state index is 12.6. The van der Waals surface area contributed by atoms with E-state index in [2.05, 4.69) is 30.4 Å². The van der Waals surface area contributed by atoms with Crippen LogP contribution in [0, 0.1) is 0 Å². The van der Waals surface area contributed by atoms with Crippen LogP contribution < -0.4 is 10.1 Å². The predicted octanol–water partition coefficient (Wildman–Crippen LogP) is 4.24. The molecule has 1 aliphatic heterocycles. The number of carbonyl (C=O) groups is 1. The third-order valence-corrected chi connectivity index (χ3v) is 4.43. The molecule has 0 atom stereocenters. The highest BCUT2D eigenvalue weighted by atomic mass is 16.5. The van der Waals surface area contributed by atoms with E-state index in [-0.39, 0.29) is 6.03 Å². The van der Waals surface area contributed by atoms with Crippen molar-refractivity contribution in [2.45, 2.75) is 33.2 Å². The van der Waals surface area contributed by atoms with Gasteiger partial charge in [-0.25, -0.2) is 4.79 Å². The molecule has 4 nitrogen and oxygen atoms in total. The number of urea groups is 1. The lowest BCUT2D eigenvalue weighted by molar-refractivity contribution is 0.206. The van der Waals surface area contributed by atoms with E-state index in [1.165, 1.54) is 11.1 Å². The topological polar surface area (TPSA) is 41.6 Å². The lowest BCUT2D eigenvalue weighted by Crippen LogP contribution is -2.39. The summed E-state index contributed by atoms with van der Waals surface area (Å²) in [5.41, 5.74) is 4.53. The van der Waals surface area contributed by atoms with Gasteiger partial charge in [-0.1, -0.05) is 31.2 Å². The Hall–Kier alpha value is -2.49. The SMILES string of the molecule is CCOc1ccc2c(c1)CN(C(=O)Nc1ccccc1CC)CC2. The van der Waals surface area contributed by atoms with Gasteiger partial charge in [-0.2, -0.15) is 0 Å². The van der Waals surface area contributed by atoms with E-state index >= 15 is 0 Å². The number of benzene rings is 2. The molecule has 2 amide bonds. The quantitative estimate of drug-likeness (QED) is 0.914. The smallest absolute Gasteiger partial charge is 0.322 e. The number of aryl methyl sites for hydroxylation is 1. The summed E-state index contributed by atoms with van der Waals surface area (Å²) in [5.74, 6) is 0.870. The molecular formula is C20H24N2O2. The fourth-order valence-electron chi connectivity index (χ4n) is 3.11. The summed E-state index contributed by atoms with van der Waals surface area (Å²) < 4.78 is 5.57. The van der Waals surface area contributed by atoms with Crippen molar-refractivity contribution in [3.63, 3.8) is 0 Å². The summed E-state index contributed by atoms with van der Waals surface area (Å²) in [4.78, 5) is 14.5. The van der Waals surface area contributed by atoms with Crippen molar-refractivity contribution < 1.29 is 9.53 Å². The summed E-state index contributed by atoms with van der Waals surface area (Å²) in [6.45, 7) is 6.08. The molecule has 0 aromatic heterocycles. The average Bonchev–Trinajstić information content (AvgIpc) is 2.62. The minimum Gasteiger partial charge on any atom is -0.494 e. The number of hydrogen-bond donors (Lipinski definition) is 1. The Morgan fingerprint density at radius 2 is 2.00 bits per heavy atom. The van der Waals surface area contributed by atoms with Crippen molar-refractivity contribution in [3.8, 4) is 5.75 Å². The molecule has 0 radical (unpaired) electrons. The van der Waals surface area contributed by atoms with Crippen molar-refractivity contribution in [1.29, 1.82) is 0 Å². The summed E-state index contributed by atoms with van der Waals surface area (Å²) in [5, 5.41) is 3.06. The van der Waals surface area contributed by atoms with Gasteiger partial charge in [0.2, 0.25) is 0 Å². The molecule has 0 spiro atoms. The minimum absolute atomic E-state index is 0.0386. The van der Waals surface area contributed by atoms with Gasteiger partial charge in [-0.3, -0.25) is 0 Å². The number of para-hydroxylation sites is 1. The van der Waals surface area contributed by atoms with Gasteiger partial charge in [0.1, 0.15) is 5.75 Å². The molecule has 1 aliphatic rings. The van der Waals surface area contributed by atoms with Crippen LogP contribution in [0.25, 0.3) is 0 Å². The second kappa shape index (κ2) is 7.39. The Morgan fingerprint density at radius 3 is 2.79 bits per heavy atom. The van der Waals surface area contributed by atoms with Gasteiger partial charge in [0.25, 0.3) is 0 Å². The van der Waals surface area contributed by atoms with Crippen molar-refractivity contribution >= 4 is 11.7 Å². The van der Waals surface area contributed by atoms with Crippen LogP contribution >= 0.6 is 0 Å². The van der Waals surface area contributed by atoms with Crippen LogP contribution in [0.4, 0.5) is 10.5 Å². The zero-order valence-corrected chi connectivity index (χ0v) is 14.3. The average molecular weight is 324 g/mol. The van der Waals surface area contributed by atoms with E-state index in [0.717, 1.165) is 36.4 Å². The summed E-state index contributed by atoms with van der Waals surface area (Å²) in [6, 6.07) is 14.1. The first-order valence-corrected chi connectivity index (χ1v) is 8.59. The van der Waals surface area contributed by atoms with E-state index in [1.807, 2.05) is 36.1 Å². The molecule has 1 heterocycles. The van der Waals surface area contributed by atoms with Crippen molar-refractivity contribution in [2.75, 3.05) is 18.5 Å². The second-order valence-electron chi connectivity index (χ2n) is 5.98. The number of rotatable bonds is 4. The Bertz CT molecular complexity index is 727. The molecule has 0 bridgehead atoms. The van der Waals surface area contributed by atoms with Crippen molar-refractivity contribution in [1.82, 2.24) is 4.90 Å². The highest BCUT2D eigenvalue weighted by molar-refractivity contribution is 5.90. The number of amides is 2. The number of nitrogens with one attached hydrogen (secondary N) is 1. The highest BCUT2D eigenvalue weighted by Crippen LogP contribution is 2.25. The van der Waals surface area contributed by atoms with Gasteiger partial charge in [0.05, 0.1) is 6.61 Å². The Kier molecular flexibility index (Phi) is 5.04. The lowest BCUT2D eigenvalue weighted by atomic mass is 10.00. The van der Waals surface area contributed by atoms with Gasteiger partial charge in [0, 0.05) is 18.8 Å². The normalized spacial score (nSPS) is 13.3. The number of anilines is 1. The van der Waals surface area contributed by atoms with Gasteiger partial charge in [-0.05, 0) is 54.7 Å². The highest BCUT2D eigenvalue weighted by Gasteiger charge is 2.21. The molecule has 0 aliphatic carbocycles. The molecule has 1 N–H and O–H groups in total. The van der Waals surface area contributed by atoms with Crippen LogP contribution in [0.5, 0.6) is 5.75 Å². The van der Waals surface area contributed by atoms with Crippen molar-refractivity contribution in [3.05, 3.63) is 59.2 Å². The third-order valence-electron chi connectivity index (χ3n) is 4.43. The fourth-order valence-corrected chi connectivity index (χ4v) is 3.11. The molecule has 2 aromatic carbocycles. The largest absolute Gasteiger partial charge is 0.494 e. The van der Waals surface area contributed by atoms with E-state index in [0.29, 0.717) is 13.2 Å². The standard InChI is InChI=1S/C20H24N2O2/c1-3-15-7-5-6-8-19(15)21-20(23)22-12-11-16-9-10-18(24-4-2)13-17(16)14-22/h5-10,13H,3-4,11-12,14H2,1-2H3,(H,21,23). The zero-order chi connectivity index (χ0) is 16.9. The van der Waals surface area contributed by atoms with Gasteiger partial charge < -0.3 is 15.0 Å². The van der Waals surface area contributed by atoms with E-state index in [4.69, 9.17) is 4.74 Å². The molecule has 0 fully saturated rings. The third kappa shape index (κ3) is 3.53. The first-order valence-electron chi connectivity index (χ1n) is 8.59. The van der Waals surface area contributed by atoms with Crippen LogP contribution in [-0.4, -0.2) is 24.1 Å². The first-order chi connectivity index (χ1) is 11.7. The van der Waals surface area contributed by atoms with Crippen molar-refractivity contribution in [2.24, 2.45) is 0 Å². The number of hydrogen-bond acceptors (Lipinski definition) is 2. The van der Waals surface area contributed by atoms with Crippen LogP contribution in [0.15, 0.2) is 42.5 Å². The number of ether oxygens (including phenoxy) is 1. The molecule has 0 saturated heterocycles. The number of carbonyl (C=O) groups excluding carboxylic acids is 1. The Morgan fingerprint density at radius 1 is 1.17 bits per heavy atom. The monoisotopic (exact) mass is 324 g/mol. The van der Waals surface area contributed by atoms with Gasteiger partial charge in [0.15, 0.2) is 0 Å². The zero-order valence-electron chi connectivity index (χ0n) is 14.3. The van der Waals surface area contributed by atoms with Gasteiger partial charge in [-0.15, -0.1) is 0 Å². The molecule has 24 heavy (non-hydrogen) atoms. The molecule has 3 rings (SSSR count). The number of fused-ring (bicyclic) bond motifs is 1. The fraction of sp³-hybridized carbons (Fsp3) is 0.350. The van der Waals surface area contributed by atoms with E-state index < -0.39 is 0 Å². The Labute approximate surface area is 143 Å². The van der Waals surface area contributed by atoms with Crippen LogP contribution in [-0.2, 0) is 19.4 Å². The van der Waals surface area contributed by atoms with Crippen LogP contribution in [0.3, 0.4) is 0 Å².